The number of hydrogen-bond acceptors (Lipinski definition) is 2. The average Bonchev–Trinajstić information content (AvgIpc) is 1.95. The Labute approximate surface area is 67.9 Å². The Kier molecular flexibility index (Phi) is 2.45. The summed E-state index contributed by atoms with van der Waals surface area (Å²) in [6.07, 6.45) is 4.94. The van der Waals surface area contributed by atoms with Crippen molar-refractivity contribution in [2.24, 2.45) is 5.73 Å². The summed E-state index contributed by atoms with van der Waals surface area (Å²) in [6, 6.07) is 3.80. The van der Waals surface area contributed by atoms with Crippen molar-refractivity contribution < 1.29 is 0 Å². The molecule has 0 amide bonds. The van der Waals surface area contributed by atoms with E-state index in [1.807, 2.05) is 12.1 Å². The van der Waals surface area contributed by atoms with Gasteiger partial charge in [-0.2, -0.15) is 0 Å². The van der Waals surface area contributed by atoms with E-state index in [1.54, 1.807) is 12.3 Å². The van der Waals surface area contributed by atoms with E-state index in [1.165, 1.54) is 6.20 Å². The van der Waals surface area contributed by atoms with Crippen LogP contribution in [0.4, 0.5) is 0 Å². The van der Waals surface area contributed by atoms with Crippen LogP contribution >= 0.6 is 15.9 Å². The molecule has 0 aliphatic heterocycles. The molecule has 3 heteroatoms. The Hall–Kier alpha value is -0.830. The van der Waals surface area contributed by atoms with Gasteiger partial charge in [0.25, 0.3) is 0 Å². The molecule has 1 rings (SSSR count). The smallest absolute Gasteiger partial charge is 0.0644 e. The summed E-state index contributed by atoms with van der Waals surface area (Å²) in [5.41, 5.74) is 6.03. The summed E-state index contributed by atoms with van der Waals surface area (Å²) >= 11 is 3.28. The molecule has 0 unspecified atom stereocenters. The number of hydrogen-bond donors (Lipinski definition) is 1. The minimum atomic E-state index is 0.866. The van der Waals surface area contributed by atoms with Crippen LogP contribution in [-0.2, 0) is 0 Å². The molecule has 0 aromatic carbocycles. The van der Waals surface area contributed by atoms with Crippen molar-refractivity contribution in [3.8, 4) is 0 Å². The normalized spacial score (nSPS) is 10.5. The van der Waals surface area contributed by atoms with E-state index >= 15 is 0 Å². The zero-order chi connectivity index (χ0) is 7.40. The van der Waals surface area contributed by atoms with Crippen LogP contribution in [0.2, 0.25) is 0 Å². The second kappa shape index (κ2) is 3.37. The molecule has 0 radical (unpaired) electrons. The summed E-state index contributed by atoms with van der Waals surface area (Å²) in [4.78, 5) is 4.05. The van der Waals surface area contributed by atoms with Crippen molar-refractivity contribution in [3.63, 3.8) is 0 Å². The van der Waals surface area contributed by atoms with Gasteiger partial charge < -0.3 is 5.73 Å². The molecular weight excluding hydrogens is 192 g/mol. The largest absolute Gasteiger partial charge is 0.405 e. The van der Waals surface area contributed by atoms with Crippen LogP contribution in [0.5, 0.6) is 0 Å². The SMILES string of the molecule is NC=Cc1ccc(Br)cn1. The van der Waals surface area contributed by atoms with Crippen molar-refractivity contribution in [1.29, 1.82) is 0 Å². The minimum absolute atomic E-state index is 0.866. The minimum Gasteiger partial charge on any atom is -0.405 e. The summed E-state index contributed by atoms with van der Waals surface area (Å²) in [6.45, 7) is 0. The van der Waals surface area contributed by atoms with Crippen LogP contribution in [0, 0.1) is 0 Å². The van der Waals surface area contributed by atoms with Gasteiger partial charge in [0, 0.05) is 10.7 Å². The van der Waals surface area contributed by atoms with Gasteiger partial charge in [-0.05, 0) is 40.3 Å². The molecule has 52 valence electrons. The quantitative estimate of drug-likeness (QED) is 0.748. The van der Waals surface area contributed by atoms with Crippen LogP contribution in [0.1, 0.15) is 5.69 Å². The maximum absolute atomic E-state index is 5.17. The predicted molar refractivity (Wildman–Crippen MR) is 45.2 cm³/mol. The second-order valence-electron chi connectivity index (χ2n) is 1.76. The first-order valence-corrected chi connectivity index (χ1v) is 3.62. The number of nitrogens with zero attached hydrogens (tertiary/aromatic N) is 1. The fourth-order valence-electron chi connectivity index (χ4n) is 0.584. The second-order valence-corrected chi connectivity index (χ2v) is 2.68. The van der Waals surface area contributed by atoms with Crippen molar-refractivity contribution in [3.05, 3.63) is 34.7 Å². The molecule has 0 bridgehead atoms. The number of aromatic nitrogens is 1. The van der Waals surface area contributed by atoms with E-state index in [2.05, 4.69) is 20.9 Å². The van der Waals surface area contributed by atoms with Gasteiger partial charge in [-0.1, -0.05) is 0 Å². The maximum Gasteiger partial charge on any atom is 0.0644 e. The third-order valence-corrected chi connectivity index (χ3v) is 1.49. The van der Waals surface area contributed by atoms with E-state index < -0.39 is 0 Å². The molecule has 0 atom stereocenters. The van der Waals surface area contributed by atoms with E-state index in [4.69, 9.17) is 5.73 Å². The first-order chi connectivity index (χ1) is 4.83. The van der Waals surface area contributed by atoms with E-state index in [0.717, 1.165) is 10.2 Å². The van der Waals surface area contributed by atoms with Gasteiger partial charge in [0.2, 0.25) is 0 Å². The predicted octanol–water partition coefficient (Wildman–Crippen LogP) is 1.77. The van der Waals surface area contributed by atoms with Gasteiger partial charge in [0.15, 0.2) is 0 Å². The molecule has 2 nitrogen and oxygen atoms in total. The molecule has 1 aromatic heterocycles. The lowest BCUT2D eigenvalue weighted by Crippen LogP contribution is -1.81. The number of nitrogens with two attached hydrogens (primary N) is 1. The standard InChI is InChI=1S/C7H7BrN2/c8-6-1-2-7(3-4-9)10-5-6/h1-5H,9H2. The Morgan fingerprint density at radius 1 is 1.50 bits per heavy atom. The molecular formula is C7H7BrN2. The number of halogens is 1. The van der Waals surface area contributed by atoms with Gasteiger partial charge in [0.05, 0.1) is 5.69 Å². The third kappa shape index (κ3) is 1.84. The van der Waals surface area contributed by atoms with Crippen LogP contribution in [0.15, 0.2) is 29.0 Å². The Balaban J connectivity index is 2.89. The zero-order valence-corrected chi connectivity index (χ0v) is 6.88. The van der Waals surface area contributed by atoms with Crippen molar-refractivity contribution in [2.45, 2.75) is 0 Å². The zero-order valence-electron chi connectivity index (χ0n) is 5.29. The molecule has 0 fully saturated rings. The third-order valence-electron chi connectivity index (χ3n) is 1.02. The molecule has 0 saturated heterocycles. The number of pyridine rings is 1. The van der Waals surface area contributed by atoms with Gasteiger partial charge in [0.1, 0.15) is 0 Å². The summed E-state index contributed by atoms with van der Waals surface area (Å²) in [5.74, 6) is 0. The monoisotopic (exact) mass is 198 g/mol. The highest BCUT2D eigenvalue weighted by atomic mass is 79.9. The van der Waals surface area contributed by atoms with E-state index in [0.29, 0.717) is 0 Å². The fourth-order valence-corrected chi connectivity index (χ4v) is 0.819. The van der Waals surface area contributed by atoms with Gasteiger partial charge in [-0.15, -0.1) is 0 Å². The highest BCUT2D eigenvalue weighted by Crippen LogP contribution is 2.07. The van der Waals surface area contributed by atoms with Crippen LogP contribution < -0.4 is 5.73 Å². The van der Waals surface area contributed by atoms with Gasteiger partial charge in [-0.3, -0.25) is 4.98 Å². The van der Waals surface area contributed by atoms with E-state index in [-0.39, 0.29) is 0 Å². The maximum atomic E-state index is 5.17. The lowest BCUT2D eigenvalue weighted by Gasteiger charge is -1.90. The van der Waals surface area contributed by atoms with Crippen molar-refractivity contribution in [2.75, 3.05) is 0 Å². The molecule has 10 heavy (non-hydrogen) atoms. The number of rotatable bonds is 1. The summed E-state index contributed by atoms with van der Waals surface area (Å²) < 4.78 is 0.974. The van der Waals surface area contributed by atoms with Crippen LogP contribution in [-0.4, -0.2) is 4.98 Å². The average molecular weight is 199 g/mol. The van der Waals surface area contributed by atoms with Gasteiger partial charge in [-0.25, -0.2) is 0 Å². The fraction of sp³-hybridized carbons (Fsp3) is 0. The highest BCUT2D eigenvalue weighted by Gasteiger charge is 1.86. The van der Waals surface area contributed by atoms with Crippen LogP contribution in [0.3, 0.4) is 0 Å². The van der Waals surface area contributed by atoms with E-state index in [9.17, 15) is 0 Å². The molecule has 1 heterocycles. The van der Waals surface area contributed by atoms with Crippen LogP contribution in [0.25, 0.3) is 6.08 Å². The molecule has 0 saturated carbocycles. The highest BCUT2D eigenvalue weighted by molar-refractivity contribution is 9.10. The molecule has 1 aromatic rings. The lowest BCUT2D eigenvalue weighted by atomic mass is 10.3. The van der Waals surface area contributed by atoms with Gasteiger partial charge >= 0.3 is 0 Å². The molecule has 0 spiro atoms. The summed E-state index contributed by atoms with van der Waals surface area (Å²) in [7, 11) is 0. The molecule has 2 N–H and O–H groups in total. The first kappa shape index (κ1) is 7.28. The Morgan fingerprint density at radius 3 is 2.80 bits per heavy atom. The topological polar surface area (TPSA) is 38.9 Å². The van der Waals surface area contributed by atoms with Crippen molar-refractivity contribution in [1.82, 2.24) is 4.98 Å². The first-order valence-electron chi connectivity index (χ1n) is 2.83. The van der Waals surface area contributed by atoms with Crippen molar-refractivity contribution >= 4 is 22.0 Å². The lowest BCUT2D eigenvalue weighted by molar-refractivity contribution is 1.28. The Morgan fingerprint density at radius 2 is 2.30 bits per heavy atom. The Bertz CT molecular complexity index is 228. The molecule has 0 aliphatic rings. The molecule has 0 aliphatic carbocycles. The summed E-state index contributed by atoms with van der Waals surface area (Å²) in [5, 5.41) is 0.